The summed E-state index contributed by atoms with van der Waals surface area (Å²) in [5, 5.41) is 9.68. The van der Waals surface area contributed by atoms with Crippen LogP contribution in [0.5, 0.6) is 5.75 Å². The van der Waals surface area contributed by atoms with Gasteiger partial charge in [0.1, 0.15) is 12.4 Å². The molecule has 0 fully saturated rings. The van der Waals surface area contributed by atoms with Gasteiger partial charge in [0.25, 0.3) is 0 Å². The summed E-state index contributed by atoms with van der Waals surface area (Å²) in [5.74, 6) is 0.787. The highest BCUT2D eigenvalue weighted by Crippen LogP contribution is 2.18. The predicted octanol–water partition coefficient (Wildman–Crippen LogP) is 3.75. The number of benzene rings is 1. The van der Waals surface area contributed by atoms with Crippen molar-refractivity contribution in [3.8, 4) is 5.75 Å². The van der Waals surface area contributed by atoms with Gasteiger partial charge < -0.3 is 34.3 Å². The molecule has 1 aromatic rings. The fraction of sp³-hybridized carbons (Fsp3) is 0.708. The van der Waals surface area contributed by atoms with E-state index in [2.05, 4.69) is 48.4 Å². The first-order valence-corrected chi connectivity index (χ1v) is 12.1. The molecule has 1 aromatic carbocycles. The number of carbonyl (C=O) groups is 1. The van der Waals surface area contributed by atoms with Gasteiger partial charge >= 0.3 is 0 Å². The molecule has 0 aliphatic rings. The molecule has 0 bridgehead atoms. The Balaban J connectivity index is 2.26. The number of nitrogens with zero attached hydrogens (tertiary/aromatic N) is 3. The minimum Gasteiger partial charge on any atom is -0.491 e. The highest BCUT2D eigenvalue weighted by molar-refractivity contribution is 5.90. The van der Waals surface area contributed by atoms with Gasteiger partial charge in [0.2, 0.25) is 5.91 Å². The van der Waals surface area contributed by atoms with Crippen molar-refractivity contribution in [1.29, 1.82) is 0 Å². The molecule has 35 heavy (non-hydrogen) atoms. The van der Waals surface area contributed by atoms with E-state index in [0.29, 0.717) is 69.6 Å². The van der Waals surface area contributed by atoms with Crippen LogP contribution in [-0.2, 0) is 23.7 Å². The van der Waals surface area contributed by atoms with Crippen LogP contribution in [0.4, 0.5) is 5.69 Å². The first-order chi connectivity index (χ1) is 16.9. The van der Waals surface area contributed by atoms with E-state index in [4.69, 9.17) is 29.2 Å². The summed E-state index contributed by atoms with van der Waals surface area (Å²) < 4.78 is 27.5. The van der Waals surface area contributed by atoms with E-state index in [1.54, 1.807) is 24.3 Å². The second-order valence-corrected chi connectivity index (χ2v) is 8.47. The highest BCUT2D eigenvalue weighted by atomic mass is 16.6. The molecular formula is C24H41N5O6. The molecule has 0 spiro atoms. The summed E-state index contributed by atoms with van der Waals surface area (Å²) in [5.41, 5.74) is 9.34. The minimum absolute atomic E-state index is 0.0368. The molecule has 0 saturated carbocycles. The van der Waals surface area contributed by atoms with Crippen molar-refractivity contribution in [3.05, 3.63) is 34.7 Å². The first-order valence-electron chi connectivity index (χ1n) is 12.1. The van der Waals surface area contributed by atoms with Crippen LogP contribution in [0.25, 0.3) is 10.4 Å². The minimum atomic E-state index is -0.784. The van der Waals surface area contributed by atoms with Crippen molar-refractivity contribution >= 4 is 11.6 Å². The van der Waals surface area contributed by atoms with Gasteiger partial charge in [0, 0.05) is 35.9 Å². The van der Waals surface area contributed by atoms with Crippen LogP contribution in [0, 0.1) is 5.92 Å². The van der Waals surface area contributed by atoms with E-state index < -0.39 is 6.23 Å². The van der Waals surface area contributed by atoms with Gasteiger partial charge in [-0.1, -0.05) is 38.9 Å². The number of carbonyl (C=O) groups excluding carboxylic acids is 1. The van der Waals surface area contributed by atoms with Crippen molar-refractivity contribution in [3.63, 3.8) is 0 Å². The molecule has 0 aromatic heterocycles. The van der Waals surface area contributed by atoms with E-state index >= 15 is 0 Å². The summed E-state index contributed by atoms with van der Waals surface area (Å²) in [4.78, 5) is 15.0. The Morgan fingerprint density at radius 1 is 1.00 bits per heavy atom. The number of hydrogen-bond acceptors (Lipinski definition) is 8. The van der Waals surface area contributed by atoms with E-state index in [1.807, 2.05) is 0 Å². The zero-order valence-electron chi connectivity index (χ0n) is 21.4. The number of rotatable bonds is 21. The lowest BCUT2D eigenvalue weighted by atomic mass is 10.2. The van der Waals surface area contributed by atoms with Crippen molar-refractivity contribution in [1.82, 2.24) is 5.32 Å². The van der Waals surface area contributed by atoms with Gasteiger partial charge in [-0.05, 0) is 23.6 Å². The van der Waals surface area contributed by atoms with Crippen molar-refractivity contribution in [2.24, 2.45) is 11.0 Å². The molecule has 198 valence electrons. The number of azide groups is 1. The molecule has 0 heterocycles. The average molecular weight is 496 g/mol. The Bertz CT molecular complexity index is 743. The van der Waals surface area contributed by atoms with Crippen LogP contribution in [0.3, 0.4) is 0 Å². The number of nitrogens with one attached hydrogen (secondary N) is 2. The second kappa shape index (κ2) is 19.9. The topological polar surface area (TPSA) is 136 Å². The second-order valence-electron chi connectivity index (χ2n) is 8.47. The Hall–Kier alpha value is -2.40. The van der Waals surface area contributed by atoms with Crippen LogP contribution in [-0.4, -0.2) is 77.6 Å². The van der Waals surface area contributed by atoms with E-state index in [0.717, 1.165) is 6.54 Å². The standard InChI is InChI=1S/C24H41N5O6/c1-19(2)17-33-14-15-34-24(28-29-25)18-35-22-7-5-6-21(16-22)27-23(30)8-10-31-12-13-32-11-9-26-20(3)4/h5-7,16,19-20,24,26H,8-15,17-18H2,1-4H3,(H,27,30). The van der Waals surface area contributed by atoms with Gasteiger partial charge in [-0.15, -0.1) is 0 Å². The monoisotopic (exact) mass is 495 g/mol. The van der Waals surface area contributed by atoms with E-state index in [1.165, 1.54) is 0 Å². The maximum atomic E-state index is 12.2. The fourth-order valence-corrected chi connectivity index (χ4v) is 2.70. The fourth-order valence-electron chi connectivity index (χ4n) is 2.70. The molecule has 11 heteroatoms. The smallest absolute Gasteiger partial charge is 0.226 e. The van der Waals surface area contributed by atoms with Crippen molar-refractivity contribution in [2.45, 2.75) is 46.4 Å². The number of anilines is 1. The SMILES string of the molecule is CC(C)COCCOC(COc1cccc(NC(=O)CCOCCOCCNC(C)C)c1)N=[N+]=[N-]. The summed E-state index contributed by atoms with van der Waals surface area (Å²) in [6.45, 7) is 12.3. The number of amides is 1. The highest BCUT2D eigenvalue weighted by Gasteiger charge is 2.09. The van der Waals surface area contributed by atoms with Crippen LogP contribution in [0.1, 0.15) is 34.1 Å². The zero-order valence-corrected chi connectivity index (χ0v) is 21.4. The van der Waals surface area contributed by atoms with Crippen molar-refractivity contribution < 1.29 is 28.5 Å². The van der Waals surface area contributed by atoms with Gasteiger partial charge in [0.05, 0.1) is 46.1 Å². The third-order valence-corrected chi connectivity index (χ3v) is 4.32. The maximum Gasteiger partial charge on any atom is 0.226 e. The van der Waals surface area contributed by atoms with Crippen LogP contribution in [0.15, 0.2) is 29.4 Å². The Morgan fingerprint density at radius 2 is 1.74 bits per heavy atom. The average Bonchev–Trinajstić information content (AvgIpc) is 2.81. The molecule has 0 radical (unpaired) electrons. The Labute approximate surface area is 208 Å². The normalized spacial score (nSPS) is 11.9. The predicted molar refractivity (Wildman–Crippen MR) is 135 cm³/mol. The molecular weight excluding hydrogens is 454 g/mol. The molecule has 11 nitrogen and oxygen atoms in total. The van der Waals surface area contributed by atoms with Gasteiger partial charge in [0.15, 0.2) is 6.23 Å². The summed E-state index contributed by atoms with van der Waals surface area (Å²) >= 11 is 0. The lowest BCUT2D eigenvalue weighted by molar-refractivity contribution is -0.117. The lowest BCUT2D eigenvalue weighted by Crippen LogP contribution is -2.27. The van der Waals surface area contributed by atoms with E-state index in [9.17, 15) is 4.79 Å². The van der Waals surface area contributed by atoms with Crippen LogP contribution < -0.4 is 15.4 Å². The van der Waals surface area contributed by atoms with Crippen molar-refractivity contribution in [2.75, 3.05) is 64.7 Å². The quantitative estimate of drug-likeness (QED) is 0.115. The number of ether oxygens (including phenoxy) is 5. The largest absolute Gasteiger partial charge is 0.491 e. The molecule has 0 saturated heterocycles. The third-order valence-electron chi connectivity index (χ3n) is 4.32. The van der Waals surface area contributed by atoms with Crippen LogP contribution in [0.2, 0.25) is 0 Å². The lowest BCUT2D eigenvalue weighted by Gasteiger charge is -2.15. The van der Waals surface area contributed by atoms with E-state index in [-0.39, 0.29) is 18.9 Å². The molecule has 1 atom stereocenters. The summed E-state index contributed by atoms with van der Waals surface area (Å²) in [7, 11) is 0. The summed E-state index contributed by atoms with van der Waals surface area (Å²) in [6, 6.07) is 7.40. The maximum absolute atomic E-state index is 12.2. The van der Waals surface area contributed by atoms with Gasteiger partial charge in [-0.2, -0.15) is 0 Å². The molecule has 0 aliphatic carbocycles. The van der Waals surface area contributed by atoms with Gasteiger partial charge in [-0.25, -0.2) is 0 Å². The molecule has 1 unspecified atom stereocenters. The molecule has 0 aliphatic heterocycles. The third kappa shape index (κ3) is 17.7. The Morgan fingerprint density at radius 3 is 2.46 bits per heavy atom. The Kier molecular flexibility index (Phi) is 17.4. The van der Waals surface area contributed by atoms with Gasteiger partial charge in [-0.3, -0.25) is 4.79 Å². The summed E-state index contributed by atoms with van der Waals surface area (Å²) in [6.07, 6.45) is -0.556. The van der Waals surface area contributed by atoms with Crippen LogP contribution >= 0.6 is 0 Å². The number of hydrogen-bond donors (Lipinski definition) is 2. The first kappa shape index (κ1) is 30.6. The molecule has 1 rings (SSSR count). The molecule has 2 N–H and O–H groups in total. The molecule has 1 amide bonds. The zero-order chi connectivity index (χ0) is 25.7.